The van der Waals surface area contributed by atoms with Gasteiger partial charge < -0.3 is 20.4 Å². The molecule has 2 aromatic heterocycles. The first-order chi connectivity index (χ1) is 14.9. The molecule has 1 aromatic carbocycles. The number of nitrogens with one attached hydrogen (secondary N) is 1. The first-order valence-electron chi connectivity index (χ1n) is 9.43. The fraction of sp³-hybridized carbons (Fsp3) is 0.190. The maximum absolute atomic E-state index is 12.2. The van der Waals surface area contributed by atoms with Crippen molar-refractivity contribution < 1.29 is 24.6 Å². The van der Waals surface area contributed by atoms with Crippen molar-refractivity contribution in [2.45, 2.75) is 19.0 Å². The number of benzene rings is 1. The zero-order valence-electron chi connectivity index (χ0n) is 16.2. The van der Waals surface area contributed by atoms with Crippen molar-refractivity contribution in [3.05, 3.63) is 64.8 Å². The topological polar surface area (TPSA) is 133 Å². The smallest absolute Gasteiger partial charge is 0.330 e. The van der Waals surface area contributed by atoms with Gasteiger partial charge in [-0.15, -0.1) is 11.3 Å². The van der Waals surface area contributed by atoms with Crippen LogP contribution in [0.15, 0.2) is 48.8 Å². The molecule has 0 spiro atoms. The van der Waals surface area contributed by atoms with Gasteiger partial charge in [0.05, 0.1) is 11.9 Å². The molecule has 4 rings (SSSR count). The second kappa shape index (κ2) is 8.52. The van der Waals surface area contributed by atoms with Gasteiger partial charge >= 0.3 is 11.9 Å². The minimum atomic E-state index is -1.18. The quantitative estimate of drug-likeness (QED) is 0.500. The summed E-state index contributed by atoms with van der Waals surface area (Å²) in [6.07, 6.45) is 3.79. The van der Waals surface area contributed by atoms with Gasteiger partial charge in [-0.3, -0.25) is 4.79 Å². The van der Waals surface area contributed by atoms with Crippen molar-refractivity contribution >= 4 is 45.2 Å². The van der Waals surface area contributed by atoms with Crippen LogP contribution in [0.25, 0.3) is 10.2 Å². The van der Waals surface area contributed by atoms with Gasteiger partial charge in [-0.05, 0) is 17.5 Å². The van der Waals surface area contributed by atoms with E-state index in [-0.39, 0.29) is 5.91 Å². The lowest BCUT2D eigenvalue weighted by Crippen LogP contribution is -2.34. The molecule has 3 heterocycles. The molecule has 0 bridgehead atoms. The summed E-state index contributed by atoms with van der Waals surface area (Å²) in [5, 5.41) is 22.3. The molecular formula is C21H18N4O5S. The predicted molar refractivity (Wildman–Crippen MR) is 114 cm³/mol. The number of carboxylic acids is 2. The highest BCUT2D eigenvalue weighted by atomic mass is 32.1. The Morgan fingerprint density at radius 1 is 1.13 bits per heavy atom. The van der Waals surface area contributed by atoms with Crippen molar-refractivity contribution in [3.8, 4) is 0 Å². The highest BCUT2D eigenvalue weighted by Gasteiger charge is 2.27. The number of thiophene rings is 1. The molecule has 0 aliphatic carbocycles. The van der Waals surface area contributed by atoms with E-state index >= 15 is 0 Å². The van der Waals surface area contributed by atoms with E-state index < -0.39 is 18.0 Å². The number of hydrogen-bond acceptors (Lipinski definition) is 7. The van der Waals surface area contributed by atoms with E-state index in [1.807, 2.05) is 6.07 Å². The number of anilines is 1. The van der Waals surface area contributed by atoms with Crippen LogP contribution >= 0.6 is 11.3 Å². The summed E-state index contributed by atoms with van der Waals surface area (Å²) in [4.78, 5) is 46.6. The summed E-state index contributed by atoms with van der Waals surface area (Å²) in [5.41, 5.74) is 1.58. The number of carbonyl (C=O) groups excluding carboxylic acids is 1. The summed E-state index contributed by atoms with van der Waals surface area (Å²) < 4.78 is 0. The highest BCUT2D eigenvalue weighted by molar-refractivity contribution is 7.19. The average molecular weight is 438 g/mol. The average Bonchev–Trinajstić information content (AvgIpc) is 3.14. The molecule has 1 aliphatic heterocycles. The van der Waals surface area contributed by atoms with Gasteiger partial charge in [0.25, 0.3) is 0 Å². The number of aliphatic carboxylic acids is 2. The molecule has 1 atom stereocenters. The van der Waals surface area contributed by atoms with E-state index in [1.54, 1.807) is 29.2 Å². The lowest BCUT2D eigenvalue weighted by molar-refractivity contribution is -0.138. The number of carboxylic acid groups (broad SMARTS) is 2. The number of amides is 1. The summed E-state index contributed by atoms with van der Waals surface area (Å²) in [5.74, 6) is -2.14. The number of fused-ring (bicyclic) bond motifs is 3. The van der Waals surface area contributed by atoms with Crippen LogP contribution in [0.2, 0.25) is 0 Å². The molecule has 0 saturated heterocycles. The maximum atomic E-state index is 12.2. The molecule has 0 saturated carbocycles. The third-order valence-electron chi connectivity index (χ3n) is 4.98. The van der Waals surface area contributed by atoms with Crippen LogP contribution in [-0.2, 0) is 27.3 Å². The van der Waals surface area contributed by atoms with Gasteiger partial charge in [0.2, 0.25) is 5.91 Å². The van der Waals surface area contributed by atoms with Gasteiger partial charge in [0.15, 0.2) is 6.04 Å². The van der Waals surface area contributed by atoms with E-state index in [9.17, 15) is 19.5 Å². The van der Waals surface area contributed by atoms with Crippen LogP contribution in [0.5, 0.6) is 0 Å². The van der Waals surface area contributed by atoms with E-state index in [0.717, 1.165) is 28.0 Å². The Bertz CT molecular complexity index is 1190. The lowest BCUT2D eigenvalue weighted by atomic mass is 10.0. The molecule has 1 amide bonds. The number of nitrogens with zero attached hydrogens (tertiary/aromatic N) is 3. The van der Waals surface area contributed by atoms with Crippen molar-refractivity contribution in [1.82, 2.24) is 14.9 Å². The Morgan fingerprint density at radius 2 is 1.90 bits per heavy atom. The van der Waals surface area contributed by atoms with Crippen LogP contribution in [0, 0.1) is 0 Å². The Hall–Kier alpha value is -3.79. The molecular weight excluding hydrogens is 420 g/mol. The van der Waals surface area contributed by atoms with E-state index in [0.29, 0.717) is 35.7 Å². The largest absolute Gasteiger partial charge is 0.479 e. The first kappa shape index (κ1) is 20.5. The number of rotatable bonds is 6. The standard InChI is InChI=1S/C21H18N4O5S/c26-15(6-7-16(27)28)25-9-8-13-14(10-25)31-20-17(13)19(22-11-23-20)24-18(21(29)30)12-4-2-1-3-5-12/h1-7,11,18H,8-10H2,(H,27,28)(H,29,30)(H,22,23,24). The van der Waals surface area contributed by atoms with E-state index in [2.05, 4.69) is 15.3 Å². The number of hydrogen-bond donors (Lipinski definition) is 3. The van der Waals surface area contributed by atoms with Gasteiger partial charge in [0.1, 0.15) is 17.0 Å². The van der Waals surface area contributed by atoms with Crippen molar-refractivity contribution in [2.24, 2.45) is 0 Å². The van der Waals surface area contributed by atoms with Crippen LogP contribution in [0.1, 0.15) is 22.0 Å². The van der Waals surface area contributed by atoms with Crippen molar-refractivity contribution in [3.63, 3.8) is 0 Å². The zero-order chi connectivity index (χ0) is 22.0. The van der Waals surface area contributed by atoms with Crippen molar-refractivity contribution in [1.29, 1.82) is 0 Å². The van der Waals surface area contributed by atoms with E-state index in [4.69, 9.17) is 5.11 Å². The molecule has 0 radical (unpaired) electrons. The second-order valence-electron chi connectivity index (χ2n) is 6.91. The van der Waals surface area contributed by atoms with Gasteiger partial charge in [-0.1, -0.05) is 30.3 Å². The van der Waals surface area contributed by atoms with Crippen LogP contribution < -0.4 is 5.32 Å². The SMILES string of the molecule is O=C(O)C=CC(=O)N1CCc2c(sc3ncnc(NC(C(=O)O)c4ccccc4)c23)C1. The van der Waals surface area contributed by atoms with Gasteiger partial charge in [-0.25, -0.2) is 19.6 Å². The van der Waals surface area contributed by atoms with Gasteiger partial charge in [-0.2, -0.15) is 0 Å². The zero-order valence-corrected chi connectivity index (χ0v) is 17.0. The third kappa shape index (κ3) is 4.24. The summed E-state index contributed by atoms with van der Waals surface area (Å²) in [6.45, 7) is 0.747. The minimum Gasteiger partial charge on any atom is -0.479 e. The molecule has 0 fully saturated rings. The Kier molecular flexibility index (Phi) is 5.63. The molecule has 1 aliphatic rings. The van der Waals surface area contributed by atoms with Gasteiger partial charge in [0, 0.05) is 23.6 Å². The fourth-order valence-electron chi connectivity index (χ4n) is 3.54. The molecule has 10 heteroatoms. The molecule has 9 nitrogen and oxygen atoms in total. The van der Waals surface area contributed by atoms with E-state index in [1.165, 1.54) is 17.7 Å². The highest BCUT2D eigenvalue weighted by Crippen LogP contribution is 2.38. The maximum Gasteiger partial charge on any atom is 0.330 e. The van der Waals surface area contributed by atoms with Crippen LogP contribution in [-0.4, -0.2) is 49.5 Å². The second-order valence-corrected chi connectivity index (χ2v) is 8.00. The normalized spacial score (nSPS) is 14.4. The summed E-state index contributed by atoms with van der Waals surface area (Å²) in [7, 11) is 0. The lowest BCUT2D eigenvalue weighted by Gasteiger charge is -2.26. The third-order valence-corrected chi connectivity index (χ3v) is 6.10. The molecule has 1 unspecified atom stereocenters. The summed E-state index contributed by atoms with van der Waals surface area (Å²) in [6, 6.07) is 7.87. The fourth-order valence-corrected chi connectivity index (χ4v) is 4.75. The molecule has 3 N–H and O–H groups in total. The minimum absolute atomic E-state index is 0.333. The number of aromatic nitrogens is 2. The summed E-state index contributed by atoms with van der Waals surface area (Å²) >= 11 is 1.42. The number of carbonyl (C=O) groups is 3. The molecule has 3 aromatic rings. The van der Waals surface area contributed by atoms with Crippen LogP contribution in [0.3, 0.4) is 0 Å². The predicted octanol–water partition coefficient (Wildman–Crippen LogP) is 2.45. The Morgan fingerprint density at radius 3 is 2.61 bits per heavy atom. The van der Waals surface area contributed by atoms with Crippen molar-refractivity contribution in [2.75, 3.05) is 11.9 Å². The molecule has 31 heavy (non-hydrogen) atoms. The monoisotopic (exact) mass is 438 g/mol. The molecule has 158 valence electrons. The van der Waals surface area contributed by atoms with Crippen LogP contribution in [0.4, 0.5) is 5.82 Å². The Balaban J connectivity index is 1.65. The first-order valence-corrected chi connectivity index (χ1v) is 10.2. The Labute approximate surface area is 180 Å².